The first kappa shape index (κ1) is 14.7. The molecular formula is C14H22N4O2. The van der Waals surface area contributed by atoms with Crippen molar-refractivity contribution in [1.82, 2.24) is 9.97 Å². The van der Waals surface area contributed by atoms with Gasteiger partial charge in [-0.2, -0.15) is 4.98 Å². The summed E-state index contributed by atoms with van der Waals surface area (Å²) < 4.78 is 10.8. The van der Waals surface area contributed by atoms with Crippen molar-refractivity contribution in [2.75, 3.05) is 19.1 Å². The second kappa shape index (κ2) is 7.21. The summed E-state index contributed by atoms with van der Waals surface area (Å²) >= 11 is 0. The number of nitrogens with two attached hydrogens (primary N) is 1. The Hall–Kier alpha value is -1.66. The van der Waals surface area contributed by atoms with E-state index < -0.39 is 0 Å². The zero-order valence-electron chi connectivity index (χ0n) is 12.0. The topological polar surface area (TPSA) is 82.3 Å². The van der Waals surface area contributed by atoms with Crippen molar-refractivity contribution in [2.24, 2.45) is 17.7 Å². The number of methoxy groups -OCH3 is 1. The Morgan fingerprint density at radius 1 is 1.35 bits per heavy atom. The van der Waals surface area contributed by atoms with Gasteiger partial charge in [-0.05, 0) is 24.7 Å². The van der Waals surface area contributed by atoms with E-state index in [9.17, 15) is 0 Å². The van der Waals surface area contributed by atoms with Crippen molar-refractivity contribution in [1.29, 1.82) is 0 Å². The molecule has 0 saturated carbocycles. The Morgan fingerprint density at radius 2 is 2.15 bits per heavy atom. The monoisotopic (exact) mass is 278 g/mol. The minimum atomic E-state index is 0.328. The van der Waals surface area contributed by atoms with E-state index in [2.05, 4.69) is 34.5 Å². The molecule has 0 fully saturated rings. The average molecular weight is 278 g/mol. The van der Waals surface area contributed by atoms with Crippen LogP contribution in [-0.4, -0.2) is 23.7 Å². The molecule has 0 saturated heterocycles. The minimum absolute atomic E-state index is 0.328. The number of anilines is 1. The van der Waals surface area contributed by atoms with Crippen molar-refractivity contribution in [3.63, 3.8) is 0 Å². The Bertz CT molecular complexity index is 464. The van der Waals surface area contributed by atoms with E-state index in [0.29, 0.717) is 42.6 Å². The van der Waals surface area contributed by atoms with Gasteiger partial charge in [-0.3, -0.25) is 0 Å². The van der Waals surface area contributed by atoms with Gasteiger partial charge in [-0.25, -0.2) is 10.8 Å². The lowest BCUT2D eigenvalue weighted by molar-refractivity contribution is 0.171. The minimum Gasteiger partial charge on any atom is -0.477 e. The lowest BCUT2D eigenvalue weighted by atomic mass is 9.85. The van der Waals surface area contributed by atoms with E-state index in [4.69, 9.17) is 15.3 Å². The standard InChI is InChI=1S/C14H22N4O2/c1-10-5-3-4-6-11(10)8-20-14-7-12(18-15)16-13(17-14)9-19-2/h3-4,7,10-11H,5-6,8-9,15H2,1-2H3,(H,16,17,18). The Labute approximate surface area is 119 Å². The van der Waals surface area contributed by atoms with E-state index in [1.165, 1.54) is 0 Å². The molecule has 2 atom stereocenters. The number of rotatable bonds is 6. The number of ether oxygens (including phenoxy) is 2. The number of nitrogens with zero attached hydrogens (tertiary/aromatic N) is 2. The zero-order chi connectivity index (χ0) is 14.4. The first-order valence-corrected chi connectivity index (χ1v) is 6.84. The summed E-state index contributed by atoms with van der Waals surface area (Å²) in [5.41, 5.74) is 2.52. The quantitative estimate of drug-likeness (QED) is 0.470. The SMILES string of the molecule is COCc1nc(NN)cc(OCC2CC=CCC2C)n1. The highest BCUT2D eigenvalue weighted by atomic mass is 16.5. The molecule has 110 valence electrons. The summed E-state index contributed by atoms with van der Waals surface area (Å²) in [5, 5.41) is 0. The molecule has 0 spiro atoms. The number of hydrazine groups is 1. The smallest absolute Gasteiger partial charge is 0.218 e. The molecule has 0 aliphatic heterocycles. The van der Waals surface area contributed by atoms with Gasteiger partial charge in [0.15, 0.2) is 5.82 Å². The van der Waals surface area contributed by atoms with Crippen molar-refractivity contribution < 1.29 is 9.47 Å². The van der Waals surface area contributed by atoms with Crippen molar-refractivity contribution >= 4 is 5.82 Å². The third-order valence-electron chi connectivity index (χ3n) is 3.53. The summed E-state index contributed by atoms with van der Waals surface area (Å²) in [6.07, 6.45) is 6.62. The summed E-state index contributed by atoms with van der Waals surface area (Å²) in [7, 11) is 1.60. The number of nitrogens with one attached hydrogen (secondary N) is 1. The molecule has 0 bridgehead atoms. The molecule has 3 N–H and O–H groups in total. The molecule has 1 aliphatic rings. The lowest BCUT2D eigenvalue weighted by Crippen LogP contribution is -2.21. The highest BCUT2D eigenvalue weighted by Gasteiger charge is 2.19. The first-order valence-electron chi connectivity index (χ1n) is 6.84. The highest BCUT2D eigenvalue weighted by molar-refractivity contribution is 5.36. The van der Waals surface area contributed by atoms with Gasteiger partial charge >= 0.3 is 0 Å². The predicted molar refractivity (Wildman–Crippen MR) is 77.1 cm³/mol. The fourth-order valence-corrected chi connectivity index (χ4v) is 2.25. The molecule has 2 unspecified atom stereocenters. The largest absolute Gasteiger partial charge is 0.477 e. The zero-order valence-corrected chi connectivity index (χ0v) is 12.0. The van der Waals surface area contributed by atoms with Crippen LogP contribution in [0.1, 0.15) is 25.6 Å². The number of hydrogen-bond donors (Lipinski definition) is 2. The van der Waals surface area contributed by atoms with Crippen LogP contribution in [-0.2, 0) is 11.3 Å². The molecule has 6 nitrogen and oxygen atoms in total. The van der Waals surface area contributed by atoms with Crippen molar-refractivity contribution in [3.05, 3.63) is 24.0 Å². The number of hydrogen-bond acceptors (Lipinski definition) is 6. The van der Waals surface area contributed by atoms with Crippen molar-refractivity contribution in [2.45, 2.75) is 26.4 Å². The summed E-state index contributed by atoms with van der Waals surface area (Å²) in [6, 6.07) is 1.70. The lowest BCUT2D eigenvalue weighted by Gasteiger charge is -2.25. The van der Waals surface area contributed by atoms with Crippen LogP contribution in [0.3, 0.4) is 0 Å². The maximum atomic E-state index is 5.81. The summed E-state index contributed by atoms with van der Waals surface area (Å²) in [6.45, 7) is 3.23. The van der Waals surface area contributed by atoms with Gasteiger partial charge in [0.2, 0.25) is 5.88 Å². The highest BCUT2D eigenvalue weighted by Crippen LogP contribution is 2.25. The number of aromatic nitrogens is 2. The molecule has 1 aromatic rings. The van der Waals surface area contributed by atoms with Crippen LogP contribution < -0.4 is 16.0 Å². The Balaban J connectivity index is 2.00. The molecule has 0 aromatic carbocycles. The van der Waals surface area contributed by atoms with E-state index in [-0.39, 0.29) is 0 Å². The molecule has 1 aliphatic carbocycles. The average Bonchev–Trinajstić information content (AvgIpc) is 2.46. The van der Waals surface area contributed by atoms with E-state index in [1.807, 2.05) is 0 Å². The third-order valence-corrected chi connectivity index (χ3v) is 3.53. The van der Waals surface area contributed by atoms with Gasteiger partial charge in [0, 0.05) is 13.2 Å². The van der Waals surface area contributed by atoms with Crippen LogP contribution in [0.2, 0.25) is 0 Å². The molecule has 20 heavy (non-hydrogen) atoms. The van der Waals surface area contributed by atoms with E-state index >= 15 is 0 Å². The number of nitrogen functional groups attached to an aromatic ring is 1. The maximum absolute atomic E-state index is 5.81. The molecular weight excluding hydrogens is 256 g/mol. The van der Waals surface area contributed by atoms with Crippen LogP contribution in [0.4, 0.5) is 5.82 Å². The molecule has 1 heterocycles. The second-order valence-corrected chi connectivity index (χ2v) is 5.08. The first-order chi connectivity index (χ1) is 9.72. The second-order valence-electron chi connectivity index (χ2n) is 5.08. The van der Waals surface area contributed by atoms with Crippen LogP contribution >= 0.6 is 0 Å². The van der Waals surface area contributed by atoms with Gasteiger partial charge in [-0.15, -0.1) is 0 Å². The fourth-order valence-electron chi connectivity index (χ4n) is 2.25. The van der Waals surface area contributed by atoms with Crippen LogP contribution in [0.25, 0.3) is 0 Å². The van der Waals surface area contributed by atoms with Crippen LogP contribution in [0.5, 0.6) is 5.88 Å². The van der Waals surface area contributed by atoms with Gasteiger partial charge < -0.3 is 14.9 Å². The van der Waals surface area contributed by atoms with E-state index in [1.54, 1.807) is 13.2 Å². The summed E-state index contributed by atoms with van der Waals surface area (Å²) in [5.74, 6) is 8.16. The third kappa shape index (κ3) is 3.91. The predicted octanol–water partition coefficient (Wildman–Crippen LogP) is 1.89. The van der Waals surface area contributed by atoms with Crippen LogP contribution in [0.15, 0.2) is 18.2 Å². The summed E-state index contributed by atoms with van der Waals surface area (Å²) in [4.78, 5) is 8.50. The molecule has 0 amide bonds. The van der Waals surface area contributed by atoms with Gasteiger partial charge in [0.25, 0.3) is 0 Å². The maximum Gasteiger partial charge on any atom is 0.218 e. The molecule has 6 heteroatoms. The number of allylic oxidation sites excluding steroid dienone is 2. The molecule has 1 aromatic heterocycles. The van der Waals surface area contributed by atoms with Gasteiger partial charge in [0.1, 0.15) is 12.4 Å². The fraction of sp³-hybridized carbons (Fsp3) is 0.571. The van der Waals surface area contributed by atoms with E-state index in [0.717, 1.165) is 12.8 Å². The Kier molecular flexibility index (Phi) is 5.31. The molecule has 2 rings (SSSR count). The Morgan fingerprint density at radius 3 is 2.85 bits per heavy atom. The van der Waals surface area contributed by atoms with Crippen molar-refractivity contribution in [3.8, 4) is 5.88 Å². The van der Waals surface area contributed by atoms with Crippen LogP contribution in [0, 0.1) is 11.8 Å². The molecule has 0 radical (unpaired) electrons. The van der Waals surface area contributed by atoms with Gasteiger partial charge in [-0.1, -0.05) is 19.1 Å². The normalized spacial score (nSPS) is 21.8. The van der Waals surface area contributed by atoms with Gasteiger partial charge in [0.05, 0.1) is 6.61 Å².